The number of hydrogen-bond donors (Lipinski definition) is 2. The van der Waals surface area contributed by atoms with Gasteiger partial charge in [-0.25, -0.2) is 0 Å². The van der Waals surface area contributed by atoms with Crippen LogP contribution in [0.2, 0.25) is 0 Å². The van der Waals surface area contributed by atoms with Gasteiger partial charge in [-0.1, -0.05) is 45.1 Å². The highest BCUT2D eigenvalue weighted by atomic mass is 16.2. The van der Waals surface area contributed by atoms with Gasteiger partial charge in [0.05, 0.1) is 0 Å². The summed E-state index contributed by atoms with van der Waals surface area (Å²) in [6, 6.07) is 0. The van der Waals surface area contributed by atoms with E-state index in [1.54, 1.807) is 6.08 Å². The number of allylic oxidation sites excluding steroid dienone is 1. The van der Waals surface area contributed by atoms with Crippen molar-refractivity contribution in [2.45, 2.75) is 58.3 Å². The van der Waals surface area contributed by atoms with Crippen LogP contribution in [0.4, 0.5) is 0 Å². The van der Waals surface area contributed by atoms with E-state index in [0.29, 0.717) is 13.2 Å². The van der Waals surface area contributed by atoms with Crippen LogP contribution in [0.1, 0.15) is 58.3 Å². The summed E-state index contributed by atoms with van der Waals surface area (Å²) in [5.74, 6) is 0.0146. The van der Waals surface area contributed by atoms with E-state index in [-0.39, 0.29) is 5.91 Å². The fraction of sp³-hybridized carbons (Fsp3) is 0.824. The summed E-state index contributed by atoms with van der Waals surface area (Å²) in [6.45, 7) is 5.12. The smallest absolute Gasteiger partial charge is 0.243 e. The second-order valence-electron chi connectivity index (χ2n) is 5.63. The molecule has 0 aromatic rings. The molecule has 21 heavy (non-hydrogen) atoms. The Balaban J connectivity index is 3.37. The van der Waals surface area contributed by atoms with E-state index in [1.807, 2.05) is 6.08 Å². The number of amides is 1. The number of nitrogens with zero attached hydrogens (tertiary/aromatic N) is 1. The van der Waals surface area contributed by atoms with E-state index in [4.69, 9.17) is 5.11 Å². The molecular weight excluding hydrogens is 264 g/mol. The molecule has 0 heterocycles. The zero-order valence-electron chi connectivity index (χ0n) is 13.9. The maximum Gasteiger partial charge on any atom is 0.243 e. The first-order chi connectivity index (χ1) is 10.2. The lowest BCUT2D eigenvalue weighted by atomic mass is 10.1. The number of likely N-dealkylation sites (N-methyl/N-ethyl adjacent to an activating group) is 1. The Kier molecular flexibility index (Phi) is 14.9. The molecule has 0 aromatic heterocycles. The van der Waals surface area contributed by atoms with Gasteiger partial charge in [-0.3, -0.25) is 4.79 Å². The first-order valence-electron chi connectivity index (χ1n) is 8.44. The quantitative estimate of drug-likeness (QED) is 0.383. The van der Waals surface area contributed by atoms with Crippen LogP contribution in [0.25, 0.3) is 0 Å². The van der Waals surface area contributed by atoms with E-state index in [9.17, 15) is 4.79 Å². The number of unbranched alkanes of at least 4 members (excludes halogenated alkanes) is 6. The number of aliphatic hydroxyl groups excluding tert-OH is 1. The van der Waals surface area contributed by atoms with Gasteiger partial charge in [0.15, 0.2) is 0 Å². The third-order valence-corrected chi connectivity index (χ3v) is 3.47. The maximum atomic E-state index is 11.5. The average Bonchev–Trinajstić information content (AvgIpc) is 2.46. The van der Waals surface area contributed by atoms with Gasteiger partial charge in [-0.15, -0.1) is 0 Å². The normalized spacial score (nSPS) is 11.4. The van der Waals surface area contributed by atoms with Crippen molar-refractivity contribution in [2.75, 3.05) is 33.3 Å². The molecule has 0 fully saturated rings. The molecule has 0 saturated carbocycles. The van der Waals surface area contributed by atoms with Crippen molar-refractivity contribution >= 4 is 5.91 Å². The largest absolute Gasteiger partial charge is 0.396 e. The summed E-state index contributed by atoms with van der Waals surface area (Å²) in [6.07, 6.45) is 12.6. The Morgan fingerprint density at radius 3 is 2.43 bits per heavy atom. The first kappa shape index (κ1) is 20.1. The summed E-state index contributed by atoms with van der Waals surface area (Å²) >= 11 is 0. The van der Waals surface area contributed by atoms with Gasteiger partial charge in [0.1, 0.15) is 0 Å². The molecule has 0 unspecified atom stereocenters. The van der Waals surface area contributed by atoms with Crippen LogP contribution in [0, 0.1) is 0 Å². The number of hydrogen-bond acceptors (Lipinski definition) is 3. The van der Waals surface area contributed by atoms with E-state index in [1.165, 1.54) is 25.7 Å². The molecule has 0 spiro atoms. The molecule has 4 heteroatoms. The van der Waals surface area contributed by atoms with Crippen LogP contribution < -0.4 is 5.32 Å². The lowest BCUT2D eigenvalue weighted by Crippen LogP contribution is -2.32. The Labute approximate surface area is 130 Å². The fourth-order valence-electron chi connectivity index (χ4n) is 2.10. The van der Waals surface area contributed by atoms with Gasteiger partial charge in [0.25, 0.3) is 0 Å². The second-order valence-corrected chi connectivity index (χ2v) is 5.63. The second kappa shape index (κ2) is 15.5. The molecule has 0 atom stereocenters. The fourth-order valence-corrected chi connectivity index (χ4v) is 2.10. The van der Waals surface area contributed by atoms with Crippen LogP contribution in [0.5, 0.6) is 0 Å². The van der Waals surface area contributed by atoms with Crippen LogP contribution in [-0.4, -0.2) is 49.2 Å². The predicted molar refractivity (Wildman–Crippen MR) is 89.3 cm³/mol. The van der Waals surface area contributed by atoms with Gasteiger partial charge >= 0.3 is 0 Å². The average molecular weight is 298 g/mol. The van der Waals surface area contributed by atoms with Gasteiger partial charge in [0, 0.05) is 19.7 Å². The molecule has 2 N–H and O–H groups in total. The molecule has 4 nitrogen and oxygen atoms in total. The van der Waals surface area contributed by atoms with Gasteiger partial charge in [-0.2, -0.15) is 0 Å². The Morgan fingerprint density at radius 1 is 1.10 bits per heavy atom. The van der Waals surface area contributed by atoms with Crippen molar-refractivity contribution < 1.29 is 9.90 Å². The molecular formula is C17H34N2O2. The van der Waals surface area contributed by atoms with E-state index in [2.05, 4.69) is 24.2 Å². The molecule has 0 rings (SSSR count). The standard InChI is InChI=1S/C17H34N2O2/c1-3-4-9-12-17(21)18-13-15-19(2)14-10-7-5-6-8-11-16-20/h9,12,20H,3-8,10-11,13-16H2,1-2H3,(H,18,21)/b12-9+. The van der Waals surface area contributed by atoms with Crippen molar-refractivity contribution in [1.82, 2.24) is 10.2 Å². The van der Waals surface area contributed by atoms with Gasteiger partial charge in [-0.05, 0) is 38.9 Å². The number of rotatable bonds is 14. The zero-order valence-corrected chi connectivity index (χ0v) is 13.9. The molecule has 0 radical (unpaired) electrons. The topological polar surface area (TPSA) is 52.6 Å². The summed E-state index contributed by atoms with van der Waals surface area (Å²) < 4.78 is 0. The summed E-state index contributed by atoms with van der Waals surface area (Å²) in [4.78, 5) is 13.7. The SMILES string of the molecule is CCC/C=C/C(=O)NCCN(C)CCCCCCCCO. The highest BCUT2D eigenvalue weighted by Crippen LogP contribution is 2.05. The Morgan fingerprint density at radius 2 is 1.76 bits per heavy atom. The van der Waals surface area contributed by atoms with Crippen LogP contribution >= 0.6 is 0 Å². The number of nitrogens with one attached hydrogen (secondary N) is 1. The number of carbonyl (C=O) groups excluding carboxylic acids is 1. The third-order valence-electron chi connectivity index (χ3n) is 3.47. The molecule has 0 aliphatic rings. The van der Waals surface area contributed by atoms with Crippen LogP contribution in [0.15, 0.2) is 12.2 Å². The summed E-state index contributed by atoms with van der Waals surface area (Å²) in [5, 5.41) is 11.6. The lowest BCUT2D eigenvalue weighted by molar-refractivity contribution is -0.116. The van der Waals surface area contributed by atoms with Crippen molar-refractivity contribution in [2.24, 2.45) is 0 Å². The van der Waals surface area contributed by atoms with Gasteiger partial charge < -0.3 is 15.3 Å². The van der Waals surface area contributed by atoms with E-state index >= 15 is 0 Å². The van der Waals surface area contributed by atoms with E-state index in [0.717, 1.165) is 38.8 Å². The molecule has 0 aromatic carbocycles. The molecule has 0 aliphatic carbocycles. The molecule has 124 valence electrons. The molecule has 0 saturated heterocycles. The highest BCUT2D eigenvalue weighted by molar-refractivity contribution is 5.87. The zero-order chi connectivity index (χ0) is 15.8. The summed E-state index contributed by atoms with van der Waals surface area (Å²) in [5.41, 5.74) is 0. The van der Waals surface area contributed by atoms with Crippen molar-refractivity contribution in [3.8, 4) is 0 Å². The van der Waals surface area contributed by atoms with E-state index < -0.39 is 0 Å². The predicted octanol–water partition coefficient (Wildman–Crippen LogP) is 2.72. The monoisotopic (exact) mass is 298 g/mol. The molecule has 1 amide bonds. The Hall–Kier alpha value is -0.870. The van der Waals surface area contributed by atoms with Crippen molar-refractivity contribution in [3.63, 3.8) is 0 Å². The van der Waals surface area contributed by atoms with Crippen molar-refractivity contribution in [3.05, 3.63) is 12.2 Å². The molecule has 0 aliphatic heterocycles. The number of aliphatic hydroxyl groups is 1. The highest BCUT2D eigenvalue weighted by Gasteiger charge is 1.99. The van der Waals surface area contributed by atoms with Crippen LogP contribution in [0.3, 0.4) is 0 Å². The minimum atomic E-state index is 0.0146. The summed E-state index contributed by atoms with van der Waals surface area (Å²) in [7, 11) is 2.10. The van der Waals surface area contributed by atoms with Crippen LogP contribution in [-0.2, 0) is 4.79 Å². The number of carbonyl (C=O) groups is 1. The minimum absolute atomic E-state index is 0.0146. The molecule has 0 bridgehead atoms. The lowest BCUT2D eigenvalue weighted by Gasteiger charge is -2.16. The third kappa shape index (κ3) is 15.3. The van der Waals surface area contributed by atoms with Gasteiger partial charge in [0.2, 0.25) is 5.91 Å². The van der Waals surface area contributed by atoms with Crippen molar-refractivity contribution in [1.29, 1.82) is 0 Å². The minimum Gasteiger partial charge on any atom is -0.396 e. The maximum absolute atomic E-state index is 11.5. The Bertz CT molecular complexity index is 268. The first-order valence-corrected chi connectivity index (χ1v) is 8.44.